The molecule has 0 saturated carbocycles. The van der Waals surface area contributed by atoms with E-state index < -0.39 is 24.6 Å². The lowest BCUT2D eigenvalue weighted by Gasteiger charge is -2.13. The maximum absolute atomic E-state index is 12.0. The fourth-order valence-electron chi connectivity index (χ4n) is 1.87. The molecule has 21 heavy (non-hydrogen) atoms. The third-order valence-electron chi connectivity index (χ3n) is 2.86. The number of hydrogen-bond donors (Lipinski definition) is 1. The predicted molar refractivity (Wildman–Crippen MR) is 67.7 cm³/mol. The molecular weight excluding hydrogens is 289 g/mol. The van der Waals surface area contributed by atoms with Gasteiger partial charge in [0.05, 0.1) is 6.54 Å². The summed E-state index contributed by atoms with van der Waals surface area (Å²) in [7, 11) is 0. The van der Waals surface area contributed by atoms with Crippen LogP contribution in [0.1, 0.15) is 12.0 Å². The number of amides is 2. The van der Waals surface area contributed by atoms with Crippen molar-refractivity contribution in [3.63, 3.8) is 0 Å². The smallest absolute Gasteiger partial charge is 0.414 e. The molecule has 0 unspecified atom stereocenters. The van der Waals surface area contributed by atoms with E-state index in [1.165, 1.54) is 4.90 Å². The van der Waals surface area contributed by atoms with E-state index in [9.17, 15) is 22.8 Å². The van der Waals surface area contributed by atoms with E-state index in [4.69, 9.17) is 4.74 Å². The van der Waals surface area contributed by atoms with E-state index in [0.717, 1.165) is 0 Å². The van der Waals surface area contributed by atoms with Crippen molar-refractivity contribution < 1.29 is 27.5 Å². The predicted octanol–water partition coefficient (Wildman–Crippen LogP) is 2.21. The Kier molecular flexibility index (Phi) is 4.35. The Hall–Kier alpha value is -2.25. The zero-order chi connectivity index (χ0) is 15.5. The van der Waals surface area contributed by atoms with Crippen molar-refractivity contribution in [1.82, 2.24) is 5.32 Å². The van der Waals surface area contributed by atoms with Crippen LogP contribution in [0.3, 0.4) is 0 Å². The molecule has 1 heterocycles. The van der Waals surface area contributed by atoms with Gasteiger partial charge in [-0.15, -0.1) is 0 Å². The first-order chi connectivity index (χ1) is 9.85. The molecule has 2 amide bonds. The highest BCUT2D eigenvalue weighted by Crippen LogP contribution is 2.20. The average molecular weight is 302 g/mol. The second kappa shape index (κ2) is 6.02. The van der Waals surface area contributed by atoms with E-state index in [1.54, 1.807) is 24.3 Å². The molecule has 2 rings (SSSR count). The number of nitrogens with one attached hydrogen (secondary N) is 1. The molecule has 1 saturated heterocycles. The van der Waals surface area contributed by atoms with Crippen molar-refractivity contribution in [2.24, 2.45) is 0 Å². The van der Waals surface area contributed by atoms with Crippen LogP contribution in [0.25, 0.3) is 0 Å². The molecule has 1 N–H and O–H groups in total. The lowest BCUT2D eigenvalue weighted by molar-refractivity contribution is -0.153. The number of anilines is 1. The first-order valence-electron chi connectivity index (χ1n) is 6.22. The molecule has 1 aromatic rings. The molecule has 0 aliphatic carbocycles. The van der Waals surface area contributed by atoms with Crippen molar-refractivity contribution in [1.29, 1.82) is 0 Å². The zero-order valence-corrected chi connectivity index (χ0v) is 10.9. The first-order valence-corrected chi connectivity index (χ1v) is 6.22. The van der Waals surface area contributed by atoms with Crippen LogP contribution in [0.4, 0.5) is 23.7 Å². The van der Waals surface area contributed by atoms with E-state index in [2.05, 4.69) is 5.32 Å². The highest BCUT2D eigenvalue weighted by atomic mass is 19.4. The number of nitrogens with zero attached hydrogens (tertiary/aromatic N) is 1. The van der Waals surface area contributed by atoms with Gasteiger partial charge in [0, 0.05) is 12.2 Å². The summed E-state index contributed by atoms with van der Waals surface area (Å²) in [5, 5.41) is 2.19. The van der Waals surface area contributed by atoms with Crippen LogP contribution < -0.4 is 10.2 Å². The molecule has 1 aliphatic heterocycles. The summed E-state index contributed by atoms with van der Waals surface area (Å²) in [6.45, 7) is 0.786. The average Bonchev–Trinajstić information content (AvgIpc) is 2.81. The van der Waals surface area contributed by atoms with Crippen LogP contribution in [-0.4, -0.2) is 31.3 Å². The third-order valence-corrected chi connectivity index (χ3v) is 2.86. The lowest BCUT2D eigenvalue weighted by Crippen LogP contribution is -2.28. The monoisotopic (exact) mass is 302 g/mol. The Morgan fingerprint density at radius 1 is 1.29 bits per heavy atom. The number of cyclic esters (lactones) is 1. The fourth-order valence-corrected chi connectivity index (χ4v) is 1.87. The van der Waals surface area contributed by atoms with Gasteiger partial charge in [-0.25, -0.2) is 4.79 Å². The maximum atomic E-state index is 12.0. The summed E-state index contributed by atoms with van der Waals surface area (Å²) < 4.78 is 40.8. The van der Waals surface area contributed by atoms with Gasteiger partial charge in [-0.05, 0) is 17.7 Å². The molecule has 8 heteroatoms. The summed E-state index contributed by atoms with van der Waals surface area (Å²) in [6, 6.07) is 6.57. The molecule has 1 aromatic carbocycles. The first kappa shape index (κ1) is 15.1. The SMILES string of the molecule is O=C(CC(F)(F)F)NCc1ccc(N2CCOC2=O)cc1. The second-order valence-electron chi connectivity index (χ2n) is 4.50. The van der Waals surface area contributed by atoms with Crippen molar-refractivity contribution in [3.05, 3.63) is 29.8 Å². The second-order valence-corrected chi connectivity index (χ2v) is 4.50. The van der Waals surface area contributed by atoms with E-state index >= 15 is 0 Å². The van der Waals surface area contributed by atoms with Crippen LogP contribution in [0.15, 0.2) is 24.3 Å². The number of halogens is 3. The number of alkyl halides is 3. The van der Waals surface area contributed by atoms with Crippen molar-refractivity contribution in [2.75, 3.05) is 18.1 Å². The maximum Gasteiger partial charge on any atom is 0.414 e. The summed E-state index contributed by atoms with van der Waals surface area (Å²) in [4.78, 5) is 23.8. The van der Waals surface area contributed by atoms with E-state index in [0.29, 0.717) is 24.4 Å². The molecule has 1 aliphatic rings. The quantitative estimate of drug-likeness (QED) is 0.927. The number of benzene rings is 1. The number of carbonyl (C=O) groups is 2. The van der Waals surface area contributed by atoms with Gasteiger partial charge in [-0.1, -0.05) is 12.1 Å². The van der Waals surface area contributed by atoms with Gasteiger partial charge in [0.2, 0.25) is 5.91 Å². The van der Waals surface area contributed by atoms with Crippen molar-refractivity contribution in [2.45, 2.75) is 19.1 Å². The summed E-state index contributed by atoms with van der Waals surface area (Å²) in [6.07, 6.45) is -6.43. The Morgan fingerprint density at radius 2 is 1.95 bits per heavy atom. The number of carbonyl (C=O) groups excluding carboxylic acids is 2. The van der Waals surface area contributed by atoms with Crippen LogP contribution in [0, 0.1) is 0 Å². The minimum Gasteiger partial charge on any atom is -0.447 e. The Labute approximate surface area is 118 Å². The standard InChI is InChI=1S/C13H13F3N2O3/c14-13(15,16)7-11(19)17-8-9-1-3-10(4-2-9)18-5-6-21-12(18)20/h1-4H,5-8H2,(H,17,19). The van der Waals surface area contributed by atoms with Crippen LogP contribution >= 0.6 is 0 Å². The third kappa shape index (κ3) is 4.37. The van der Waals surface area contributed by atoms with E-state index in [-0.39, 0.29) is 6.54 Å². The molecule has 1 fully saturated rings. The van der Waals surface area contributed by atoms with Gasteiger partial charge in [-0.2, -0.15) is 13.2 Å². The van der Waals surface area contributed by atoms with Crippen molar-refractivity contribution >= 4 is 17.7 Å². The van der Waals surface area contributed by atoms with Gasteiger partial charge < -0.3 is 10.1 Å². The van der Waals surface area contributed by atoms with Crippen molar-refractivity contribution in [3.8, 4) is 0 Å². The highest BCUT2D eigenvalue weighted by molar-refractivity contribution is 5.89. The largest absolute Gasteiger partial charge is 0.447 e. The fraction of sp³-hybridized carbons (Fsp3) is 0.385. The minimum atomic E-state index is -4.51. The van der Waals surface area contributed by atoms with Gasteiger partial charge in [0.1, 0.15) is 13.0 Å². The molecule has 5 nitrogen and oxygen atoms in total. The Morgan fingerprint density at radius 3 is 2.48 bits per heavy atom. The molecule has 0 radical (unpaired) electrons. The summed E-state index contributed by atoms with van der Waals surface area (Å²) in [5.74, 6) is -1.07. The number of ether oxygens (including phenoxy) is 1. The van der Waals surface area contributed by atoms with Gasteiger partial charge in [-0.3, -0.25) is 9.69 Å². The van der Waals surface area contributed by atoms with Crippen LogP contribution in [0.5, 0.6) is 0 Å². The molecular formula is C13H13F3N2O3. The van der Waals surface area contributed by atoms with Gasteiger partial charge in [0.25, 0.3) is 0 Å². The highest BCUT2D eigenvalue weighted by Gasteiger charge is 2.31. The summed E-state index contributed by atoms with van der Waals surface area (Å²) >= 11 is 0. The number of rotatable bonds is 4. The van der Waals surface area contributed by atoms with Crippen LogP contribution in [-0.2, 0) is 16.1 Å². The molecule has 0 atom stereocenters. The Balaban J connectivity index is 1.88. The molecule has 0 spiro atoms. The number of hydrogen-bond acceptors (Lipinski definition) is 3. The topological polar surface area (TPSA) is 58.6 Å². The summed E-state index contributed by atoms with van der Waals surface area (Å²) in [5.41, 5.74) is 1.28. The minimum absolute atomic E-state index is 0.000357. The Bertz CT molecular complexity index is 528. The molecule has 0 aromatic heterocycles. The lowest BCUT2D eigenvalue weighted by atomic mass is 10.2. The van der Waals surface area contributed by atoms with Gasteiger partial charge >= 0.3 is 12.3 Å². The normalized spacial score (nSPS) is 15.0. The van der Waals surface area contributed by atoms with Crippen LogP contribution in [0.2, 0.25) is 0 Å². The molecule has 0 bridgehead atoms. The van der Waals surface area contributed by atoms with E-state index in [1.807, 2.05) is 0 Å². The molecule has 114 valence electrons. The van der Waals surface area contributed by atoms with Gasteiger partial charge in [0.15, 0.2) is 0 Å². The zero-order valence-electron chi connectivity index (χ0n) is 10.9.